The van der Waals surface area contributed by atoms with Gasteiger partial charge < -0.3 is 15.4 Å². The molecule has 0 unspecified atom stereocenters. The van der Waals surface area contributed by atoms with Gasteiger partial charge in [-0.1, -0.05) is 0 Å². The Bertz CT molecular complexity index is 625. The second-order valence-electron chi connectivity index (χ2n) is 4.52. The van der Waals surface area contributed by atoms with E-state index >= 15 is 0 Å². The highest BCUT2D eigenvalue weighted by molar-refractivity contribution is 7.09. The fourth-order valence-electron chi connectivity index (χ4n) is 1.85. The van der Waals surface area contributed by atoms with E-state index in [9.17, 15) is 4.79 Å². The highest BCUT2D eigenvalue weighted by atomic mass is 32.1. The Hall–Kier alpha value is -2.08. The number of nitrogen functional groups attached to an aromatic ring is 1. The van der Waals surface area contributed by atoms with Gasteiger partial charge in [-0.25, -0.2) is 4.98 Å². The normalized spacial score (nSPS) is 10.3. The summed E-state index contributed by atoms with van der Waals surface area (Å²) in [7, 11) is 3.31. The van der Waals surface area contributed by atoms with E-state index < -0.39 is 0 Å². The van der Waals surface area contributed by atoms with Gasteiger partial charge in [-0.15, -0.1) is 11.3 Å². The number of rotatable bonds is 4. The van der Waals surface area contributed by atoms with E-state index in [1.807, 2.05) is 6.92 Å². The lowest BCUT2D eigenvalue weighted by atomic mass is 10.1. The van der Waals surface area contributed by atoms with Crippen LogP contribution < -0.4 is 10.5 Å². The van der Waals surface area contributed by atoms with Gasteiger partial charge in [-0.05, 0) is 19.1 Å². The summed E-state index contributed by atoms with van der Waals surface area (Å²) in [5, 5.41) is 0. The van der Waals surface area contributed by atoms with Crippen LogP contribution in [0.4, 0.5) is 5.69 Å². The number of nitrogens with zero attached hydrogens (tertiary/aromatic N) is 2. The van der Waals surface area contributed by atoms with Crippen LogP contribution in [0, 0.1) is 6.92 Å². The molecule has 20 heavy (non-hydrogen) atoms. The summed E-state index contributed by atoms with van der Waals surface area (Å²) < 4.78 is 5.13. The summed E-state index contributed by atoms with van der Waals surface area (Å²) in [6.45, 7) is 2.47. The van der Waals surface area contributed by atoms with Crippen molar-refractivity contribution in [2.24, 2.45) is 0 Å². The molecule has 0 atom stereocenters. The van der Waals surface area contributed by atoms with Gasteiger partial charge in [-0.2, -0.15) is 0 Å². The lowest BCUT2D eigenvalue weighted by Gasteiger charge is -2.17. The zero-order valence-corrected chi connectivity index (χ0v) is 12.5. The Balaban J connectivity index is 2.18. The minimum absolute atomic E-state index is 0.0941. The molecule has 6 heteroatoms. The van der Waals surface area contributed by atoms with Gasteiger partial charge in [0.05, 0.1) is 24.9 Å². The average Bonchev–Trinajstić information content (AvgIpc) is 2.82. The molecule has 0 aliphatic rings. The Morgan fingerprint density at radius 3 is 2.80 bits per heavy atom. The van der Waals surface area contributed by atoms with Crippen molar-refractivity contribution >= 4 is 22.9 Å². The van der Waals surface area contributed by atoms with Crippen LogP contribution in [-0.4, -0.2) is 29.9 Å². The number of hydrogen-bond acceptors (Lipinski definition) is 5. The number of thiazole rings is 1. The highest BCUT2D eigenvalue weighted by Crippen LogP contribution is 2.21. The predicted octanol–water partition coefficient (Wildman–Crippen LogP) is 2.31. The Morgan fingerprint density at radius 2 is 2.20 bits per heavy atom. The molecule has 0 bridgehead atoms. The van der Waals surface area contributed by atoms with Crippen LogP contribution in [0.15, 0.2) is 23.7 Å². The molecule has 1 aromatic carbocycles. The Morgan fingerprint density at radius 1 is 1.45 bits per heavy atom. The van der Waals surface area contributed by atoms with Gasteiger partial charge >= 0.3 is 0 Å². The molecule has 106 valence electrons. The first-order valence-corrected chi connectivity index (χ1v) is 6.98. The molecule has 0 radical (unpaired) electrons. The molecule has 2 rings (SSSR count). The standard InChI is InChI=1S/C14H17N3O2S/c1-9-13(20-8-16-9)7-17(2)14(18)10-4-11(15)6-12(5-10)19-3/h4-6,8H,7,15H2,1-3H3. The number of nitrogens with two attached hydrogens (primary N) is 1. The van der Waals surface area contributed by atoms with Crippen molar-refractivity contribution in [3.8, 4) is 5.75 Å². The fraction of sp³-hybridized carbons (Fsp3) is 0.286. The number of amides is 1. The van der Waals surface area contributed by atoms with E-state index in [-0.39, 0.29) is 5.91 Å². The van der Waals surface area contributed by atoms with Crippen molar-refractivity contribution in [3.05, 3.63) is 39.8 Å². The van der Waals surface area contributed by atoms with Gasteiger partial charge in [0.25, 0.3) is 5.91 Å². The highest BCUT2D eigenvalue weighted by Gasteiger charge is 2.15. The van der Waals surface area contributed by atoms with E-state index in [2.05, 4.69) is 4.98 Å². The fourth-order valence-corrected chi connectivity index (χ4v) is 2.68. The Kier molecular flexibility index (Phi) is 4.24. The first-order valence-electron chi connectivity index (χ1n) is 6.10. The molecule has 2 N–H and O–H groups in total. The molecule has 0 aliphatic heterocycles. The number of ether oxygens (including phenoxy) is 1. The Labute approximate surface area is 122 Å². The number of aryl methyl sites for hydroxylation is 1. The summed E-state index contributed by atoms with van der Waals surface area (Å²) >= 11 is 1.55. The zero-order valence-electron chi connectivity index (χ0n) is 11.7. The maximum atomic E-state index is 12.4. The maximum Gasteiger partial charge on any atom is 0.254 e. The second-order valence-corrected chi connectivity index (χ2v) is 5.46. The van der Waals surface area contributed by atoms with Gasteiger partial charge in [0.2, 0.25) is 0 Å². The van der Waals surface area contributed by atoms with Crippen molar-refractivity contribution in [3.63, 3.8) is 0 Å². The molecule has 1 heterocycles. The molecule has 1 aromatic heterocycles. The third-order valence-corrected chi connectivity index (χ3v) is 3.90. The average molecular weight is 291 g/mol. The van der Waals surface area contributed by atoms with Crippen molar-refractivity contribution < 1.29 is 9.53 Å². The number of carbonyl (C=O) groups is 1. The van der Waals surface area contributed by atoms with Crippen LogP contribution in [0.1, 0.15) is 20.9 Å². The van der Waals surface area contributed by atoms with Crippen molar-refractivity contribution in [1.29, 1.82) is 0 Å². The molecular weight excluding hydrogens is 274 g/mol. The number of methoxy groups -OCH3 is 1. The third-order valence-electron chi connectivity index (χ3n) is 2.98. The van der Waals surface area contributed by atoms with Gasteiger partial charge in [-0.3, -0.25) is 4.79 Å². The summed E-state index contributed by atoms with van der Waals surface area (Å²) in [6.07, 6.45) is 0. The number of carbonyl (C=O) groups excluding carboxylic acids is 1. The van der Waals surface area contributed by atoms with E-state index in [1.54, 1.807) is 54.1 Å². The maximum absolute atomic E-state index is 12.4. The molecule has 1 amide bonds. The first-order chi connectivity index (χ1) is 9.51. The van der Waals surface area contributed by atoms with Crippen LogP contribution in [-0.2, 0) is 6.54 Å². The topological polar surface area (TPSA) is 68.5 Å². The summed E-state index contributed by atoms with van der Waals surface area (Å²) in [4.78, 5) is 19.3. The molecule has 0 fully saturated rings. The second kappa shape index (κ2) is 5.92. The predicted molar refractivity (Wildman–Crippen MR) is 80.1 cm³/mol. The SMILES string of the molecule is COc1cc(N)cc(C(=O)N(C)Cc2scnc2C)c1. The van der Waals surface area contributed by atoms with Gasteiger partial charge in [0, 0.05) is 29.2 Å². The summed E-state index contributed by atoms with van der Waals surface area (Å²) in [6, 6.07) is 5.03. The smallest absolute Gasteiger partial charge is 0.254 e. The van der Waals surface area contributed by atoms with E-state index in [0.717, 1.165) is 10.6 Å². The van der Waals surface area contributed by atoms with Crippen LogP contribution in [0.3, 0.4) is 0 Å². The molecule has 0 spiro atoms. The van der Waals surface area contributed by atoms with Gasteiger partial charge in [0.1, 0.15) is 5.75 Å². The first kappa shape index (κ1) is 14.3. The number of aromatic nitrogens is 1. The molecule has 0 aliphatic carbocycles. The molecule has 0 saturated heterocycles. The third kappa shape index (κ3) is 3.08. The van der Waals surface area contributed by atoms with Crippen LogP contribution in [0.2, 0.25) is 0 Å². The number of anilines is 1. The van der Waals surface area contributed by atoms with Crippen LogP contribution >= 0.6 is 11.3 Å². The molecule has 2 aromatic rings. The largest absolute Gasteiger partial charge is 0.497 e. The number of hydrogen-bond donors (Lipinski definition) is 1. The quantitative estimate of drug-likeness (QED) is 0.878. The lowest BCUT2D eigenvalue weighted by molar-refractivity contribution is 0.0786. The molecule has 0 saturated carbocycles. The van der Waals surface area contributed by atoms with E-state index in [0.29, 0.717) is 23.5 Å². The van der Waals surface area contributed by atoms with E-state index in [4.69, 9.17) is 10.5 Å². The van der Waals surface area contributed by atoms with Crippen LogP contribution in [0.5, 0.6) is 5.75 Å². The monoisotopic (exact) mass is 291 g/mol. The minimum atomic E-state index is -0.0941. The molecule has 5 nitrogen and oxygen atoms in total. The minimum Gasteiger partial charge on any atom is -0.497 e. The number of benzene rings is 1. The van der Waals surface area contributed by atoms with E-state index in [1.165, 1.54) is 0 Å². The van der Waals surface area contributed by atoms with Crippen molar-refractivity contribution in [2.45, 2.75) is 13.5 Å². The molecular formula is C14H17N3O2S. The lowest BCUT2D eigenvalue weighted by Crippen LogP contribution is -2.26. The van der Waals surface area contributed by atoms with Gasteiger partial charge in [0.15, 0.2) is 0 Å². The van der Waals surface area contributed by atoms with Crippen molar-refractivity contribution in [1.82, 2.24) is 9.88 Å². The summed E-state index contributed by atoms with van der Waals surface area (Å²) in [5.74, 6) is 0.485. The zero-order chi connectivity index (χ0) is 14.7. The summed E-state index contributed by atoms with van der Waals surface area (Å²) in [5.41, 5.74) is 9.55. The van der Waals surface area contributed by atoms with Crippen LogP contribution in [0.25, 0.3) is 0 Å². The van der Waals surface area contributed by atoms with Crippen molar-refractivity contribution in [2.75, 3.05) is 19.9 Å².